The van der Waals surface area contributed by atoms with E-state index in [2.05, 4.69) is 6.92 Å². The van der Waals surface area contributed by atoms with Gasteiger partial charge in [-0.3, -0.25) is 0 Å². The first-order chi connectivity index (χ1) is 10.1. The highest BCUT2D eigenvalue weighted by atomic mass is 35.5. The summed E-state index contributed by atoms with van der Waals surface area (Å²) < 4.78 is 5.44. The molecule has 3 N–H and O–H groups in total. The average molecular weight is 312 g/mol. The second kappa shape index (κ2) is 6.99. The first-order valence-electron chi connectivity index (χ1n) is 7.79. The van der Waals surface area contributed by atoms with Crippen molar-refractivity contribution in [3.05, 3.63) is 28.8 Å². The van der Waals surface area contributed by atoms with Crippen LogP contribution < -0.4 is 10.5 Å². The quantitative estimate of drug-likeness (QED) is 0.842. The predicted octanol–water partition coefficient (Wildman–Crippen LogP) is 3.72. The largest absolute Gasteiger partial charge is 0.496 e. The van der Waals surface area contributed by atoms with Crippen LogP contribution in [-0.2, 0) is 0 Å². The molecular weight excluding hydrogens is 286 g/mol. The minimum absolute atomic E-state index is 0.0165. The Balaban J connectivity index is 2.37. The number of halogens is 1. The van der Waals surface area contributed by atoms with Crippen LogP contribution >= 0.6 is 11.6 Å². The molecule has 0 spiro atoms. The number of nitrogens with two attached hydrogens (primary N) is 1. The summed E-state index contributed by atoms with van der Waals surface area (Å²) in [6.45, 7) is 2.55. The SMILES string of the molecule is CCC1(C(O)C(CN)c2cc(Cl)ccc2OC)CCCC1. The zero-order valence-electron chi connectivity index (χ0n) is 12.9. The molecule has 1 aliphatic carbocycles. The lowest BCUT2D eigenvalue weighted by Gasteiger charge is -2.38. The summed E-state index contributed by atoms with van der Waals surface area (Å²) >= 11 is 6.13. The predicted molar refractivity (Wildman–Crippen MR) is 87.0 cm³/mol. The minimum Gasteiger partial charge on any atom is -0.496 e. The van der Waals surface area contributed by atoms with Crippen LogP contribution in [0, 0.1) is 5.41 Å². The minimum atomic E-state index is -0.456. The van der Waals surface area contributed by atoms with Gasteiger partial charge in [0.15, 0.2) is 0 Å². The number of benzene rings is 1. The summed E-state index contributed by atoms with van der Waals surface area (Å²) in [7, 11) is 1.64. The number of hydrogen-bond acceptors (Lipinski definition) is 3. The van der Waals surface area contributed by atoms with E-state index in [1.165, 1.54) is 12.8 Å². The third-order valence-corrected chi connectivity index (χ3v) is 5.39. The highest BCUT2D eigenvalue weighted by Gasteiger charge is 2.43. The van der Waals surface area contributed by atoms with Gasteiger partial charge in [0, 0.05) is 23.0 Å². The van der Waals surface area contributed by atoms with Gasteiger partial charge < -0.3 is 15.6 Å². The van der Waals surface area contributed by atoms with E-state index in [-0.39, 0.29) is 11.3 Å². The summed E-state index contributed by atoms with van der Waals surface area (Å²) in [6, 6.07) is 5.52. The summed E-state index contributed by atoms with van der Waals surface area (Å²) in [5, 5.41) is 11.7. The van der Waals surface area contributed by atoms with E-state index in [9.17, 15) is 5.11 Å². The van der Waals surface area contributed by atoms with Gasteiger partial charge in [0.05, 0.1) is 13.2 Å². The van der Waals surface area contributed by atoms with Gasteiger partial charge in [-0.25, -0.2) is 0 Å². The van der Waals surface area contributed by atoms with Crippen LogP contribution in [0.25, 0.3) is 0 Å². The van der Waals surface area contributed by atoms with Crippen LogP contribution in [-0.4, -0.2) is 24.9 Å². The van der Waals surface area contributed by atoms with E-state index >= 15 is 0 Å². The molecule has 1 fully saturated rings. The van der Waals surface area contributed by atoms with Gasteiger partial charge in [0.25, 0.3) is 0 Å². The maximum Gasteiger partial charge on any atom is 0.122 e. The van der Waals surface area contributed by atoms with Gasteiger partial charge in [-0.15, -0.1) is 0 Å². The van der Waals surface area contributed by atoms with Crippen LogP contribution in [0.5, 0.6) is 5.75 Å². The van der Waals surface area contributed by atoms with Crippen molar-refractivity contribution in [2.45, 2.75) is 51.0 Å². The van der Waals surface area contributed by atoms with Crippen LogP contribution in [0.15, 0.2) is 18.2 Å². The number of ether oxygens (including phenoxy) is 1. The molecule has 0 amide bonds. The molecule has 2 rings (SSSR count). The van der Waals surface area contributed by atoms with Crippen molar-refractivity contribution >= 4 is 11.6 Å². The molecule has 1 aliphatic rings. The maximum atomic E-state index is 11.0. The number of aliphatic hydroxyl groups is 1. The Kier molecular flexibility index (Phi) is 5.53. The van der Waals surface area contributed by atoms with Crippen molar-refractivity contribution < 1.29 is 9.84 Å². The second-order valence-corrected chi connectivity index (χ2v) is 6.53. The molecule has 21 heavy (non-hydrogen) atoms. The molecule has 3 nitrogen and oxygen atoms in total. The second-order valence-electron chi connectivity index (χ2n) is 6.10. The molecule has 2 unspecified atom stereocenters. The Bertz CT molecular complexity index is 472. The topological polar surface area (TPSA) is 55.5 Å². The van der Waals surface area contributed by atoms with E-state index in [1.807, 2.05) is 12.1 Å². The number of rotatable bonds is 6. The van der Waals surface area contributed by atoms with Gasteiger partial charge >= 0.3 is 0 Å². The average Bonchev–Trinajstić information content (AvgIpc) is 2.98. The Morgan fingerprint density at radius 2 is 2.05 bits per heavy atom. The third kappa shape index (κ3) is 3.20. The van der Waals surface area contributed by atoms with Crippen molar-refractivity contribution in [2.24, 2.45) is 11.1 Å². The van der Waals surface area contributed by atoms with E-state index in [1.54, 1.807) is 13.2 Å². The maximum absolute atomic E-state index is 11.0. The number of aliphatic hydroxyl groups excluding tert-OH is 1. The van der Waals surface area contributed by atoms with Gasteiger partial charge in [-0.1, -0.05) is 31.4 Å². The molecule has 0 heterocycles. The summed E-state index contributed by atoms with van der Waals surface area (Å²) in [5.74, 6) is 0.606. The Hall–Kier alpha value is -0.770. The molecule has 118 valence electrons. The van der Waals surface area contributed by atoms with Gasteiger partial charge in [-0.05, 0) is 42.9 Å². The standard InChI is InChI=1S/C17H26ClNO2/c1-3-17(8-4-5-9-17)16(20)14(11-19)13-10-12(18)6-7-15(13)21-2/h6-7,10,14,16,20H,3-5,8-9,11,19H2,1-2H3. The molecule has 0 saturated heterocycles. The lowest BCUT2D eigenvalue weighted by molar-refractivity contribution is 0.00553. The van der Waals surface area contributed by atoms with E-state index < -0.39 is 6.10 Å². The Labute approximate surface area is 132 Å². The van der Waals surface area contributed by atoms with Gasteiger partial charge in [0.2, 0.25) is 0 Å². The summed E-state index contributed by atoms with van der Waals surface area (Å²) in [4.78, 5) is 0. The van der Waals surface area contributed by atoms with Crippen molar-refractivity contribution in [1.29, 1.82) is 0 Å². The molecule has 0 bridgehead atoms. The molecule has 1 aromatic carbocycles. The van der Waals surface area contributed by atoms with Crippen LogP contribution in [0.3, 0.4) is 0 Å². The van der Waals surface area contributed by atoms with Crippen molar-refractivity contribution in [3.63, 3.8) is 0 Å². The summed E-state index contributed by atoms with van der Waals surface area (Å²) in [6.07, 6.45) is 5.05. The first-order valence-corrected chi connectivity index (χ1v) is 8.17. The lowest BCUT2D eigenvalue weighted by atomic mass is 9.71. The lowest BCUT2D eigenvalue weighted by Crippen LogP contribution is -2.40. The van der Waals surface area contributed by atoms with E-state index in [4.69, 9.17) is 22.1 Å². The zero-order chi connectivity index (χ0) is 15.5. The fourth-order valence-corrected chi connectivity index (χ4v) is 3.97. The molecule has 1 aromatic rings. The Morgan fingerprint density at radius 3 is 2.57 bits per heavy atom. The van der Waals surface area contributed by atoms with Gasteiger partial charge in [-0.2, -0.15) is 0 Å². The van der Waals surface area contributed by atoms with Crippen LogP contribution in [0.4, 0.5) is 0 Å². The number of methoxy groups -OCH3 is 1. The third-order valence-electron chi connectivity index (χ3n) is 5.16. The van der Waals surface area contributed by atoms with Crippen LogP contribution in [0.1, 0.15) is 50.5 Å². The monoisotopic (exact) mass is 311 g/mol. The van der Waals surface area contributed by atoms with Gasteiger partial charge in [0.1, 0.15) is 5.75 Å². The fraction of sp³-hybridized carbons (Fsp3) is 0.647. The molecule has 0 aliphatic heterocycles. The molecular formula is C17H26ClNO2. The fourth-order valence-electron chi connectivity index (χ4n) is 3.79. The highest BCUT2D eigenvalue weighted by molar-refractivity contribution is 6.30. The zero-order valence-corrected chi connectivity index (χ0v) is 13.7. The molecule has 0 aromatic heterocycles. The first kappa shape index (κ1) is 16.6. The van der Waals surface area contributed by atoms with Crippen molar-refractivity contribution in [2.75, 3.05) is 13.7 Å². The van der Waals surface area contributed by atoms with Crippen molar-refractivity contribution in [1.82, 2.24) is 0 Å². The van der Waals surface area contributed by atoms with E-state index in [0.29, 0.717) is 11.6 Å². The number of hydrogen-bond donors (Lipinski definition) is 2. The smallest absolute Gasteiger partial charge is 0.122 e. The Morgan fingerprint density at radius 1 is 1.38 bits per heavy atom. The molecule has 2 atom stereocenters. The van der Waals surface area contributed by atoms with Crippen LogP contribution in [0.2, 0.25) is 5.02 Å². The molecule has 4 heteroatoms. The van der Waals surface area contributed by atoms with Crippen molar-refractivity contribution in [3.8, 4) is 5.75 Å². The normalized spacial score (nSPS) is 20.2. The molecule has 0 radical (unpaired) electrons. The van der Waals surface area contributed by atoms with E-state index in [0.717, 1.165) is 30.6 Å². The summed E-state index contributed by atoms with van der Waals surface area (Å²) in [5.41, 5.74) is 6.90. The highest BCUT2D eigenvalue weighted by Crippen LogP contribution is 2.48. The molecule has 1 saturated carbocycles.